The minimum Gasteiger partial charge on any atom is -0.481 e. The zero-order valence-electron chi connectivity index (χ0n) is 6.91. The van der Waals surface area contributed by atoms with E-state index in [1.165, 1.54) is 0 Å². The third-order valence-corrected chi connectivity index (χ3v) is 1.32. The summed E-state index contributed by atoms with van der Waals surface area (Å²) < 4.78 is 0. The first-order valence-corrected chi connectivity index (χ1v) is 3.72. The molecular weight excluding hydrogens is 162 g/mol. The van der Waals surface area contributed by atoms with E-state index in [1.807, 2.05) is 0 Å². The molecule has 1 amide bonds. The molecule has 1 unspecified atom stereocenters. The molecule has 0 aromatic heterocycles. The standard InChI is InChI=1S/C7H13NO4/c1-2-5(9)4-8-6(10)3-7(11)12/h5,9H,2-4H2,1H3,(H,8,10)(H,11,12). The average molecular weight is 175 g/mol. The second kappa shape index (κ2) is 5.54. The van der Waals surface area contributed by atoms with Gasteiger partial charge in [-0.25, -0.2) is 0 Å². The molecule has 0 aromatic rings. The molecule has 70 valence electrons. The van der Waals surface area contributed by atoms with E-state index in [0.717, 1.165) is 0 Å². The minimum absolute atomic E-state index is 0.114. The van der Waals surface area contributed by atoms with Gasteiger partial charge in [0.1, 0.15) is 6.42 Å². The highest BCUT2D eigenvalue weighted by molar-refractivity contribution is 5.93. The molecule has 0 bridgehead atoms. The summed E-state index contributed by atoms with van der Waals surface area (Å²) in [6.07, 6.45) is -0.605. The lowest BCUT2D eigenvalue weighted by Gasteiger charge is -2.07. The summed E-state index contributed by atoms with van der Waals surface area (Å²) in [6, 6.07) is 0. The maximum atomic E-state index is 10.7. The summed E-state index contributed by atoms with van der Waals surface area (Å²) in [6.45, 7) is 1.89. The van der Waals surface area contributed by atoms with Gasteiger partial charge in [-0.2, -0.15) is 0 Å². The Hall–Kier alpha value is -1.10. The van der Waals surface area contributed by atoms with Crippen LogP contribution in [0.5, 0.6) is 0 Å². The predicted octanol–water partition coefficient (Wildman–Crippen LogP) is -0.652. The van der Waals surface area contributed by atoms with E-state index < -0.39 is 24.4 Å². The number of carbonyl (C=O) groups is 2. The third-order valence-electron chi connectivity index (χ3n) is 1.32. The largest absolute Gasteiger partial charge is 0.481 e. The first kappa shape index (κ1) is 10.9. The van der Waals surface area contributed by atoms with Gasteiger partial charge < -0.3 is 15.5 Å². The topological polar surface area (TPSA) is 86.6 Å². The maximum absolute atomic E-state index is 10.7. The summed E-state index contributed by atoms with van der Waals surface area (Å²) in [5.74, 6) is -1.74. The van der Waals surface area contributed by atoms with Crippen LogP contribution < -0.4 is 5.32 Å². The molecule has 3 N–H and O–H groups in total. The highest BCUT2D eigenvalue weighted by Gasteiger charge is 2.08. The van der Waals surface area contributed by atoms with E-state index in [1.54, 1.807) is 6.92 Å². The molecule has 0 saturated carbocycles. The summed E-state index contributed by atoms with van der Waals surface area (Å²) in [7, 11) is 0. The normalized spacial score (nSPS) is 12.2. The van der Waals surface area contributed by atoms with Gasteiger partial charge in [0.15, 0.2) is 0 Å². The highest BCUT2D eigenvalue weighted by Crippen LogP contribution is 1.87. The molecule has 0 rings (SSSR count). The monoisotopic (exact) mass is 175 g/mol. The quantitative estimate of drug-likeness (QED) is 0.484. The van der Waals surface area contributed by atoms with Crippen molar-refractivity contribution in [3.63, 3.8) is 0 Å². The fourth-order valence-electron chi connectivity index (χ4n) is 0.576. The Morgan fingerprint density at radius 1 is 1.50 bits per heavy atom. The van der Waals surface area contributed by atoms with Crippen LogP contribution in [0.1, 0.15) is 19.8 Å². The SMILES string of the molecule is CCC(O)CNC(=O)CC(=O)O. The average Bonchev–Trinajstić information content (AvgIpc) is 1.99. The smallest absolute Gasteiger partial charge is 0.312 e. The lowest BCUT2D eigenvalue weighted by Crippen LogP contribution is -2.32. The van der Waals surface area contributed by atoms with Crippen molar-refractivity contribution in [1.29, 1.82) is 0 Å². The van der Waals surface area contributed by atoms with Gasteiger partial charge in [-0.1, -0.05) is 6.92 Å². The van der Waals surface area contributed by atoms with Crippen molar-refractivity contribution in [3.05, 3.63) is 0 Å². The number of nitrogens with one attached hydrogen (secondary N) is 1. The van der Waals surface area contributed by atoms with Gasteiger partial charge in [-0.05, 0) is 6.42 Å². The van der Waals surface area contributed by atoms with Crippen LogP contribution in [0.15, 0.2) is 0 Å². The summed E-state index contributed by atoms with van der Waals surface area (Å²) in [5, 5.41) is 19.5. The van der Waals surface area contributed by atoms with E-state index in [0.29, 0.717) is 6.42 Å². The van der Waals surface area contributed by atoms with Gasteiger partial charge in [-0.15, -0.1) is 0 Å². The van der Waals surface area contributed by atoms with E-state index in [9.17, 15) is 9.59 Å². The van der Waals surface area contributed by atoms with Crippen molar-refractivity contribution in [1.82, 2.24) is 5.32 Å². The summed E-state index contributed by atoms with van der Waals surface area (Å²) in [4.78, 5) is 20.7. The van der Waals surface area contributed by atoms with E-state index in [4.69, 9.17) is 10.2 Å². The molecule has 0 aliphatic carbocycles. The van der Waals surface area contributed by atoms with Crippen molar-refractivity contribution in [2.45, 2.75) is 25.9 Å². The van der Waals surface area contributed by atoms with Crippen LogP contribution in [0.4, 0.5) is 0 Å². The number of carboxylic acid groups (broad SMARTS) is 1. The summed E-state index contributed by atoms with van der Waals surface area (Å²) >= 11 is 0. The van der Waals surface area contributed by atoms with Gasteiger partial charge >= 0.3 is 5.97 Å². The van der Waals surface area contributed by atoms with Gasteiger partial charge in [0, 0.05) is 6.54 Å². The van der Waals surface area contributed by atoms with Gasteiger partial charge in [0.2, 0.25) is 5.91 Å². The predicted molar refractivity (Wildman–Crippen MR) is 41.6 cm³/mol. The van der Waals surface area contributed by atoms with Crippen LogP contribution in [0.25, 0.3) is 0 Å². The molecule has 0 fully saturated rings. The Kier molecular flexibility index (Phi) is 5.03. The Balaban J connectivity index is 3.50. The number of amides is 1. The second-order valence-electron chi connectivity index (χ2n) is 2.44. The molecule has 0 heterocycles. The van der Waals surface area contributed by atoms with E-state index in [-0.39, 0.29) is 6.54 Å². The fraction of sp³-hybridized carbons (Fsp3) is 0.714. The molecule has 1 atom stereocenters. The molecule has 12 heavy (non-hydrogen) atoms. The fourth-order valence-corrected chi connectivity index (χ4v) is 0.576. The number of aliphatic hydroxyl groups excluding tert-OH is 1. The molecule has 5 heteroatoms. The van der Waals surface area contributed by atoms with Gasteiger partial charge in [0.25, 0.3) is 0 Å². The number of carbonyl (C=O) groups excluding carboxylic acids is 1. The molecule has 0 spiro atoms. The molecule has 0 radical (unpaired) electrons. The number of hydrogen-bond acceptors (Lipinski definition) is 3. The number of aliphatic carboxylic acids is 1. The van der Waals surface area contributed by atoms with Crippen molar-refractivity contribution in [3.8, 4) is 0 Å². The first-order valence-electron chi connectivity index (χ1n) is 3.72. The van der Waals surface area contributed by atoms with Gasteiger partial charge in [0.05, 0.1) is 6.10 Å². The molecule has 0 aromatic carbocycles. The van der Waals surface area contributed by atoms with Crippen LogP contribution in [-0.4, -0.2) is 34.7 Å². The lowest BCUT2D eigenvalue weighted by molar-refractivity contribution is -0.140. The number of aliphatic hydroxyl groups is 1. The van der Waals surface area contributed by atoms with Crippen LogP contribution in [0.3, 0.4) is 0 Å². The van der Waals surface area contributed by atoms with Crippen molar-refractivity contribution in [2.24, 2.45) is 0 Å². The van der Waals surface area contributed by atoms with Crippen LogP contribution in [-0.2, 0) is 9.59 Å². The van der Waals surface area contributed by atoms with Crippen LogP contribution >= 0.6 is 0 Å². The Morgan fingerprint density at radius 2 is 2.08 bits per heavy atom. The maximum Gasteiger partial charge on any atom is 0.312 e. The second-order valence-corrected chi connectivity index (χ2v) is 2.44. The van der Waals surface area contributed by atoms with Gasteiger partial charge in [-0.3, -0.25) is 9.59 Å². The number of rotatable bonds is 5. The third kappa shape index (κ3) is 5.67. The summed E-state index contributed by atoms with van der Waals surface area (Å²) in [5.41, 5.74) is 0. The van der Waals surface area contributed by atoms with E-state index in [2.05, 4.69) is 5.32 Å². The van der Waals surface area contributed by atoms with Crippen molar-refractivity contribution < 1.29 is 19.8 Å². The van der Waals surface area contributed by atoms with E-state index >= 15 is 0 Å². The Morgan fingerprint density at radius 3 is 2.50 bits per heavy atom. The zero-order chi connectivity index (χ0) is 9.56. The molecule has 5 nitrogen and oxygen atoms in total. The molecule has 0 saturated heterocycles. The van der Waals surface area contributed by atoms with Crippen LogP contribution in [0, 0.1) is 0 Å². The lowest BCUT2D eigenvalue weighted by atomic mass is 10.3. The first-order chi connectivity index (χ1) is 5.56. The number of carboxylic acids is 1. The molecular formula is C7H13NO4. The molecule has 0 aliphatic rings. The molecule has 0 aliphatic heterocycles. The Bertz CT molecular complexity index is 169. The number of hydrogen-bond donors (Lipinski definition) is 3. The zero-order valence-corrected chi connectivity index (χ0v) is 6.91. The highest BCUT2D eigenvalue weighted by atomic mass is 16.4. The minimum atomic E-state index is -1.17. The van der Waals surface area contributed by atoms with Crippen molar-refractivity contribution >= 4 is 11.9 Å². The Labute approximate surface area is 70.4 Å². The van der Waals surface area contributed by atoms with Crippen molar-refractivity contribution in [2.75, 3.05) is 6.54 Å². The van der Waals surface area contributed by atoms with Crippen LogP contribution in [0.2, 0.25) is 0 Å².